The van der Waals surface area contributed by atoms with Gasteiger partial charge in [-0.2, -0.15) is 0 Å². The van der Waals surface area contributed by atoms with Crippen LogP contribution in [0.15, 0.2) is 30.5 Å². The van der Waals surface area contributed by atoms with Crippen LogP contribution in [0.4, 0.5) is 5.69 Å². The van der Waals surface area contributed by atoms with Crippen LogP contribution in [0, 0.1) is 10.1 Å². The molecule has 2 aromatic rings. The van der Waals surface area contributed by atoms with Crippen LogP contribution in [-0.2, 0) is 5.54 Å². The zero-order valence-electron chi connectivity index (χ0n) is 9.60. The van der Waals surface area contributed by atoms with Crippen molar-refractivity contribution in [3.63, 3.8) is 0 Å². The highest BCUT2D eigenvalue weighted by molar-refractivity contribution is 5.88. The number of hydrogen-bond acceptors (Lipinski definition) is 2. The van der Waals surface area contributed by atoms with Gasteiger partial charge in [0.1, 0.15) is 5.52 Å². The van der Waals surface area contributed by atoms with Gasteiger partial charge in [0.15, 0.2) is 0 Å². The molecule has 0 fully saturated rings. The van der Waals surface area contributed by atoms with Crippen LogP contribution in [-0.4, -0.2) is 9.49 Å². The summed E-state index contributed by atoms with van der Waals surface area (Å²) in [6.07, 6.45) is 1.90. The summed E-state index contributed by atoms with van der Waals surface area (Å²) in [5.41, 5.74) is 0.700. The molecule has 0 aliphatic rings. The molecule has 0 saturated carbocycles. The molecule has 0 spiro atoms. The van der Waals surface area contributed by atoms with Crippen molar-refractivity contribution < 1.29 is 4.92 Å². The zero-order chi connectivity index (χ0) is 11.9. The lowest BCUT2D eigenvalue weighted by Crippen LogP contribution is -2.20. The quantitative estimate of drug-likeness (QED) is 0.544. The Balaban J connectivity index is 2.83. The topological polar surface area (TPSA) is 48.1 Å². The predicted octanol–water partition coefficient (Wildman–Crippen LogP) is 3.30. The first kappa shape index (κ1) is 10.7. The molecule has 2 rings (SSSR count). The third-order valence-electron chi connectivity index (χ3n) is 2.61. The molecule has 0 saturated heterocycles. The summed E-state index contributed by atoms with van der Waals surface area (Å²) in [4.78, 5) is 10.7. The minimum atomic E-state index is -0.329. The summed E-state index contributed by atoms with van der Waals surface area (Å²) < 4.78 is 1.94. The van der Waals surface area contributed by atoms with Crippen molar-refractivity contribution >= 4 is 16.6 Å². The molecule has 0 amide bonds. The molecular weight excluding hydrogens is 204 g/mol. The molecule has 84 valence electrons. The summed E-state index contributed by atoms with van der Waals surface area (Å²) in [6, 6.07) is 7.07. The zero-order valence-corrected chi connectivity index (χ0v) is 9.60. The molecule has 1 aromatic heterocycles. The molecule has 0 N–H and O–H groups in total. The minimum absolute atomic E-state index is 0.159. The average Bonchev–Trinajstić information content (AvgIpc) is 2.59. The van der Waals surface area contributed by atoms with Gasteiger partial charge in [0.25, 0.3) is 5.69 Å². The van der Waals surface area contributed by atoms with Crippen LogP contribution in [0.25, 0.3) is 10.9 Å². The number of fused-ring (bicyclic) bond motifs is 1. The van der Waals surface area contributed by atoms with Crippen molar-refractivity contribution in [2.75, 3.05) is 0 Å². The van der Waals surface area contributed by atoms with Crippen LogP contribution in [0.1, 0.15) is 20.8 Å². The lowest BCUT2D eigenvalue weighted by molar-refractivity contribution is -0.383. The molecule has 1 aromatic carbocycles. The summed E-state index contributed by atoms with van der Waals surface area (Å²) >= 11 is 0. The maximum Gasteiger partial charge on any atom is 0.293 e. The Bertz CT molecular complexity index is 550. The second-order valence-electron chi connectivity index (χ2n) is 4.83. The third-order valence-corrected chi connectivity index (χ3v) is 2.61. The molecular formula is C12H14N2O2. The fourth-order valence-corrected chi connectivity index (χ4v) is 1.88. The van der Waals surface area contributed by atoms with E-state index < -0.39 is 0 Å². The Labute approximate surface area is 93.6 Å². The van der Waals surface area contributed by atoms with E-state index in [9.17, 15) is 10.1 Å². The van der Waals surface area contributed by atoms with Crippen LogP contribution in [0.2, 0.25) is 0 Å². The van der Waals surface area contributed by atoms with E-state index in [2.05, 4.69) is 0 Å². The van der Waals surface area contributed by atoms with E-state index in [1.54, 1.807) is 12.1 Å². The molecule has 0 unspecified atom stereocenters. The van der Waals surface area contributed by atoms with Crippen molar-refractivity contribution in [1.82, 2.24) is 4.57 Å². The monoisotopic (exact) mass is 218 g/mol. The Morgan fingerprint density at radius 1 is 1.25 bits per heavy atom. The summed E-state index contributed by atoms with van der Waals surface area (Å²) in [6.45, 7) is 6.09. The van der Waals surface area contributed by atoms with Crippen molar-refractivity contribution in [3.05, 3.63) is 40.6 Å². The Morgan fingerprint density at radius 2 is 1.94 bits per heavy atom. The number of rotatable bonds is 1. The van der Waals surface area contributed by atoms with Crippen LogP contribution < -0.4 is 0 Å². The standard InChI is InChI=1S/C12H14N2O2/c1-12(2,3)13-8-7-9-5-4-6-10(11(9)13)14(15)16/h4-8H,1-3H3. The second-order valence-corrected chi connectivity index (χ2v) is 4.83. The van der Waals surface area contributed by atoms with Gasteiger partial charge in [-0.25, -0.2) is 0 Å². The Morgan fingerprint density at radius 3 is 2.50 bits per heavy atom. The number of nitro groups is 1. The fourth-order valence-electron chi connectivity index (χ4n) is 1.88. The number of nitro benzene ring substituents is 1. The van der Waals surface area contributed by atoms with Gasteiger partial charge >= 0.3 is 0 Å². The molecule has 4 nitrogen and oxygen atoms in total. The highest BCUT2D eigenvalue weighted by Gasteiger charge is 2.21. The Hall–Kier alpha value is -1.84. The van der Waals surface area contributed by atoms with E-state index in [0.29, 0.717) is 5.52 Å². The van der Waals surface area contributed by atoms with Crippen molar-refractivity contribution in [1.29, 1.82) is 0 Å². The molecule has 0 bridgehead atoms. The average molecular weight is 218 g/mol. The van der Waals surface area contributed by atoms with E-state index in [4.69, 9.17) is 0 Å². The smallest absolute Gasteiger partial charge is 0.293 e. The lowest BCUT2D eigenvalue weighted by atomic mass is 10.1. The maximum atomic E-state index is 11.0. The van der Waals surface area contributed by atoms with Crippen LogP contribution in [0.5, 0.6) is 0 Å². The van der Waals surface area contributed by atoms with E-state index >= 15 is 0 Å². The first-order valence-corrected chi connectivity index (χ1v) is 5.16. The molecule has 1 heterocycles. The van der Waals surface area contributed by atoms with E-state index in [-0.39, 0.29) is 16.1 Å². The predicted molar refractivity (Wildman–Crippen MR) is 63.6 cm³/mol. The molecule has 16 heavy (non-hydrogen) atoms. The maximum absolute atomic E-state index is 11.0. The van der Waals surface area contributed by atoms with Gasteiger partial charge in [-0.15, -0.1) is 0 Å². The van der Waals surface area contributed by atoms with Crippen molar-refractivity contribution in [2.24, 2.45) is 0 Å². The van der Waals surface area contributed by atoms with E-state index in [0.717, 1.165) is 5.39 Å². The first-order valence-electron chi connectivity index (χ1n) is 5.16. The summed E-state index contributed by atoms with van der Waals surface area (Å²) in [5, 5.41) is 11.9. The highest BCUT2D eigenvalue weighted by Crippen LogP contribution is 2.30. The number of non-ortho nitro benzene ring substituents is 1. The van der Waals surface area contributed by atoms with E-state index in [1.807, 2.05) is 43.7 Å². The first-order chi connectivity index (χ1) is 7.41. The largest absolute Gasteiger partial charge is 0.337 e. The fraction of sp³-hybridized carbons (Fsp3) is 0.333. The number of para-hydroxylation sites is 1. The molecule has 0 atom stereocenters. The van der Waals surface area contributed by atoms with Crippen molar-refractivity contribution in [2.45, 2.75) is 26.3 Å². The normalized spacial score (nSPS) is 11.9. The van der Waals surface area contributed by atoms with Gasteiger partial charge < -0.3 is 4.57 Å². The second kappa shape index (κ2) is 3.33. The molecule has 0 aliphatic carbocycles. The number of hydrogen-bond donors (Lipinski definition) is 0. The van der Waals surface area contributed by atoms with Crippen molar-refractivity contribution in [3.8, 4) is 0 Å². The van der Waals surface area contributed by atoms with Gasteiger partial charge in [0.05, 0.1) is 4.92 Å². The summed E-state index contributed by atoms with van der Waals surface area (Å²) in [7, 11) is 0. The number of nitrogens with zero attached hydrogens (tertiary/aromatic N) is 2. The third kappa shape index (κ3) is 1.56. The number of aromatic nitrogens is 1. The van der Waals surface area contributed by atoms with Gasteiger partial charge in [0.2, 0.25) is 0 Å². The molecule has 4 heteroatoms. The van der Waals surface area contributed by atoms with E-state index in [1.165, 1.54) is 0 Å². The summed E-state index contributed by atoms with van der Waals surface area (Å²) in [5.74, 6) is 0. The van der Waals surface area contributed by atoms with Gasteiger partial charge in [-0.3, -0.25) is 10.1 Å². The highest BCUT2D eigenvalue weighted by atomic mass is 16.6. The van der Waals surface area contributed by atoms with Gasteiger partial charge in [-0.05, 0) is 26.8 Å². The van der Waals surface area contributed by atoms with Gasteiger partial charge in [0, 0.05) is 23.2 Å². The lowest BCUT2D eigenvalue weighted by Gasteiger charge is -2.22. The molecule has 0 radical (unpaired) electrons. The Kier molecular flexibility index (Phi) is 2.22. The van der Waals surface area contributed by atoms with Crippen LogP contribution >= 0.6 is 0 Å². The number of benzene rings is 1. The minimum Gasteiger partial charge on any atom is -0.337 e. The van der Waals surface area contributed by atoms with Gasteiger partial charge in [-0.1, -0.05) is 12.1 Å². The SMILES string of the molecule is CC(C)(C)n1ccc2cccc([N+](=O)[O-])c21. The molecule has 0 aliphatic heterocycles. The van der Waals surface area contributed by atoms with Crippen LogP contribution in [0.3, 0.4) is 0 Å².